The van der Waals surface area contributed by atoms with Gasteiger partial charge in [-0.25, -0.2) is 9.07 Å². The average molecular weight is 256 g/mol. The highest BCUT2D eigenvalue weighted by Crippen LogP contribution is 2.24. The van der Waals surface area contributed by atoms with Crippen LogP contribution in [0.4, 0.5) is 4.39 Å². The van der Waals surface area contributed by atoms with E-state index in [4.69, 9.17) is 16.3 Å². The standard InChI is InChI=1S/C11H11ClFN3O/c12-8-5-10-11(6-9(8)13)16(15-14-10)3-4-17-7-1-2-7/h5-7H,1-4H2. The van der Waals surface area contributed by atoms with Gasteiger partial charge < -0.3 is 4.74 Å². The van der Waals surface area contributed by atoms with E-state index in [1.807, 2.05) is 0 Å². The van der Waals surface area contributed by atoms with Crippen molar-refractivity contribution in [1.29, 1.82) is 0 Å². The molecule has 6 heteroatoms. The van der Waals surface area contributed by atoms with Crippen LogP contribution in [0.3, 0.4) is 0 Å². The predicted molar refractivity (Wildman–Crippen MR) is 61.5 cm³/mol. The Hall–Kier alpha value is -1.20. The molecule has 3 rings (SSSR count). The fourth-order valence-corrected chi connectivity index (χ4v) is 1.83. The van der Waals surface area contributed by atoms with Crippen LogP contribution in [0, 0.1) is 5.82 Å². The maximum atomic E-state index is 13.3. The van der Waals surface area contributed by atoms with Gasteiger partial charge in [0.1, 0.15) is 11.3 Å². The monoisotopic (exact) mass is 255 g/mol. The zero-order valence-corrected chi connectivity index (χ0v) is 9.82. The summed E-state index contributed by atoms with van der Waals surface area (Å²) in [6.45, 7) is 1.15. The first-order valence-corrected chi connectivity index (χ1v) is 5.91. The lowest BCUT2D eigenvalue weighted by atomic mass is 10.3. The Morgan fingerprint density at radius 2 is 2.29 bits per heavy atom. The molecule has 1 saturated carbocycles. The van der Waals surface area contributed by atoms with E-state index in [1.54, 1.807) is 4.68 Å². The van der Waals surface area contributed by atoms with Crippen molar-refractivity contribution in [2.45, 2.75) is 25.5 Å². The molecular formula is C11H11ClFN3O. The second kappa shape index (κ2) is 4.23. The molecule has 17 heavy (non-hydrogen) atoms. The Bertz CT molecular complexity index is 553. The summed E-state index contributed by atoms with van der Waals surface area (Å²) in [4.78, 5) is 0. The summed E-state index contributed by atoms with van der Waals surface area (Å²) in [5.41, 5.74) is 1.24. The number of benzene rings is 1. The topological polar surface area (TPSA) is 39.9 Å². The van der Waals surface area contributed by atoms with Gasteiger partial charge >= 0.3 is 0 Å². The minimum Gasteiger partial charge on any atom is -0.376 e. The summed E-state index contributed by atoms with van der Waals surface area (Å²) >= 11 is 5.67. The van der Waals surface area contributed by atoms with E-state index < -0.39 is 5.82 Å². The van der Waals surface area contributed by atoms with E-state index in [1.165, 1.54) is 12.1 Å². The summed E-state index contributed by atoms with van der Waals surface area (Å²) in [5.74, 6) is -0.453. The van der Waals surface area contributed by atoms with Gasteiger partial charge in [-0.3, -0.25) is 0 Å². The van der Waals surface area contributed by atoms with E-state index in [0.29, 0.717) is 30.3 Å². The molecule has 1 aromatic carbocycles. The van der Waals surface area contributed by atoms with Crippen molar-refractivity contribution < 1.29 is 9.13 Å². The molecule has 0 bridgehead atoms. The van der Waals surface area contributed by atoms with Crippen LogP contribution < -0.4 is 0 Å². The third kappa shape index (κ3) is 2.25. The van der Waals surface area contributed by atoms with Crippen LogP contribution in [0.25, 0.3) is 11.0 Å². The highest BCUT2D eigenvalue weighted by molar-refractivity contribution is 6.31. The van der Waals surface area contributed by atoms with Gasteiger partial charge in [-0.15, -0.1) is 5.10 Å². The van der Waals surface area contributed by atoms with Crippen molar-refractivity contribution >= 4 is 22.6 Å². The van der Waals surface area contributed by atoms with E-state index in [0.717, 1.165) is 12.8 Å². The van der Waals surface area contributed by atoms with E-state index in [9.17, 15) is 4.39 Å². The third-order valence-corrected chi connectivity index (χ3v) is 3.03. The Balaban J connectivity index is 1.80. The minimum atomic E-state index is -0.453. The van der Waals surface area contributed by atoms with Gasteiger partial charge in [0.05, 0.1) is 29.8 Å². The fourth-order valence-electron chi connectivity index (χ4n) is 1.67. The molecule has 1 aliphatic carbocycles. The zero-order valence-electron chi connectivity index (χ0n) is 9.07. The zero-order chi connectivity index (χ0) is 11.8. The number of fused-ring (bicyclic) bond motifs is 1. The Kier molecular flexibility index (Phi) is 2.72. The smallest absolute Gasteiger partial charge is 0.144 e. The van der Waals surface area contributed by atoms with Gasteiger partial charge in [-0.2, -0.15) is 0 Å². The lowest BCUT2D eigenvalue weighted by Crippen LogP contribution is -2.08. The molecule has 0 aliphatic heterocycles. The molecule has 1 fully saturated rings. The second-order valence-corrected chi connectivity index (χ2v) is 4.54. The number of nitrogens with zero attached hydrogens (tertiary/aromatic N) is 3. The predicted octanol–water partition coefficient (Wildman–Crippen LogP) is 2.40. The number of hydrogen-bond acceptors (Lipinski definition) is 3. The molecule has 1 aliphatic rings. The van der Waals surface area contributed by atoms with Crippen LogP contribution in [0.15, 0.2) is 12.1 Å². The van der Waals surface area contributed by atoms with E-state index >= 15 is 0 Å². The minimum absolute atomic E-state index is 0.0683. The van der Waals surface area contributed by atoms with Crippen molar-refractivity contribution in [1.82, 2.24) is 15.0 Å². The molecule has 1 heterocycles. The van der Waals surface area contributed by atoms with Gasteiger partial charge in [-0.1, -0.05) is 16.8 Å². The summed E-state index contributed by atoms with van der Waals surface area (Å²) in [6.07, 6.45) is 2.70. The van der Waals surface area contributed by atoms with Gasteiger partial charge in [0.25, 0.3) is 0 Å². The van der Waals surface area contributed by atoms with Crippen LogP contribution in [0.2, 0.25) is 5.02 Å². The van der Waals surface area contributed by atoms with Crippen molar-refractivity contribution in [3.63, 3.8) is 0 Å². The summed E-state index contributed by atoms with van der Waals surface area (Å²) < 4.78 is 20.5. The molecule has 4 nitrogen and oxygen atoms in total. The Morgan fingerprint density at radius 3 is 3.06 bits per heavy atom. The first-order valence-electron chi connectivity index (χ1n) is 5.54. The molecule has 0 saturated heterocycles. The van der Waals surface area contributed by atoms with Gasteiger partial charge in [-0.05, 0) is 18.9 Å². The SMILES string of the molecule is Fc1cc2c(cc1Cl)nnn2CCOC1CC1. The van der Waals surface area contributed by atoms with Crippen molar-refractivity contribution in [2.75, 3.05) is 6.61 Å². The van der Waals surface area contributed by atoms with Gasteiger partial charge in [0.2, 0.25) is 0 Å². The van der Waals surface area contributed by atoms with Crippen LogP contribution in [0.5, 0.6) is 0 Å². The highest BCUT2D eigenvalue weighted by atomic mass is 35.5. The molecule has 0 atom stereocenters. The molecular weight excluding hydrogens is 245 g/mol. The largest absolute Gasteiger partial charge is 0.376 e. The normalized spacial score (nSPS) is 15.6. The van der Waals surface area contributed by atoms with Gasteiger partial charge in [0, 0.05) is 6.07 Å². The summed E-state index contributed by atoms with van der Waals surface area (Å²) in [6, 6.07) is 2.84. The molecule has 90 valence electrons. The summed E-state index contributed by atoms with van der Waals surface area (Å²) in [7, 11) is 0. The quantitative estimate of drug-likeness (QED) is 0.842. The summed E-state index contributed by atoms with van der Waals surface area (Å²) in [5, 5.41) is 7.96. The van der Waals surface area contributed by atoms with Crippen LogP contribution in [0.1, 0.15) is 12.8 Å². The van der Waals surface area contributed by atoms with Crippen molar-refractivity contribution in [3.05, 3.63) is 23.0 Å². The Labute approximate surface area is 102 Å². The van der Waals surface area contributed by atoms with Gasteiger partial charge in [0.15, 0.2) is 0 Å². The second-order valence-electron chi connectivity index (χ2n) is 4.14. The third-order valence-electron chi connectivity index (χ3n) is 2.74. The fraction of sp³-hybridized carbons (Fsp3) is 0.455. The average Bonchev–Trinajstić information content (AvgIpc) is 3.05. The van der Waals surface area contributed by atoms with Crippen molar-refractivity contribution in [3.8, 4) is 0 Å². The molecule has 0 spiro atoms. The van der Waals surface area contributed by atoms with E-state index in [2.05, 4.69) is 10.3 Å². The molecule has 0 amide bonds. The van der Waals surface area contributed by atoms with Crippen LogP contribution in [-0.2, 0) is 11.3 Å². The number of hydrogen-bond donors (Lipinski definition) is 0. The van der Waals surface area contributed by atoms with Crippen LogP contribution >= 0.6 is 11.6 Å². The number of ether oxygens (including phenoxy) is 1. The number of halogens is 2. The molecule has 0 unspecified atom stereocenters. The molecule has 2 aromatic rings. The lowest BCUT2D eigenvalue weighted by Gasteiger charge is -2.03. The maximum absolute atomic E-state index is 13.3. The first kappa shape index (κ1) is 10.9. The first-order chi connectivity index (χ1) is 8.24. The number of rotatable bonds is 4. The van der Waals surface area contributed by atoms with E-state index in [-0.39, 0.29) is 5.02 Å². The lowest BCUT2D eigenvalue weighted by molar-refractivity contribution is 0.110. The number of aromatic nitrogens is 3. The highest BCUT2D eigenvalue weighted by Gasteiger charge is 2.21. The maximum Gasteiger partial charge on any atom is 0.144 e. The molecule has 0 radical (unpaired) electrons. The molecule has 1 aromatic heterocycles. The van der Waals surface area contributed by atoms with Crippen LogP contribution in [-0.4, -0.2) is 27.7 Å². The molecule has 0 N–H and O–H groups in total. The Morgan fingerprint density at radius 1 is 1.47 bits per heavy atom. The van der Waals surface area contributed by atoms with Crippen molar-refractivity contribution in [2.24, 2.45) is 0 Å².